The molecule has 0 aliphatic carbocycles. The fourth-order valence-electron chi connectivity index (χ4n) is 3.48. The molecule has 1 aliphatic heterocycles. The maximum absolute atomic E-state index is 13.1. The minimum absolute atomic E-state index is 0.0916. The summed E-state index contributed by atoms with van der Waals surface area (Å²) in [6.07, 6.45) is 0.737. The van der Waals surface area contributed by atoms with E-state index in [1.54, 1.807) is 20.3 Å². The lowest BCUT2D eigenvalue weighted by molar-refractivity contribution is -0.121. The number of thioether (sulfide) groups is 1. The Hall–Kier alpha value is -2.75. The normalized spacial score (nSPS) is 17.3. The molecule has 2 atom stereocenters. The maximum atomic E-state index is 13.1. The summed E-state index contributed by atoms with van der Waals surface area (Å²) in [5.41, 5.74) is 5.23. The molecule has 32 heavy (non-hydrogen) atoms. The number of ether oxygens (including phenoxy) is 2. The maximum Gasteiger partial charge on any atom is 0.236 e. The highest BCUT2D eigenvalue weighted by Crippen LogP contribution is 2.40. The van der Waals surface area contributed by atoms with E-state index in [1.165, 1.54) is 11.8 Å². The number of amides is 1. The average molecular weight is 474 g/mol. The molecule has 0 saturated carbocycles. The van der Waals surface area contributed by atoms with Crippen LogP contribution in [0.3, 0.4) is 0 Å². The van der Waals surface area contributed by atoms with E-state index in [0.29, 0.717) is 34.9 Å². The van der Waals surface area contributed by atoms with Crippen LogP contribution in [0.2, 0.25) is 5.02 Å². The van der Waals surface area contributed by atoms with Crippen LogP contribution in [0.5, 0.6) is 5.75 Å². The Kier molecular flexibility index (Phi) is 7.19. The number of aromatic nitrogens is 3. The summed E-state index contributed by atoms with van der Waals surface area (Å²) in [5.74, 6) is 1.16. The van der Waals surface area contributed by atoms with Crippen LogP contribution in [-0.4, -0.2) is 53.4 Å². The minimum atomic E-state index is -0.470. The SMILES string of the molecule is COCCCNC(=O)C1Sc2nnc(-c3ccccc3)n2NC1c1ccc(OC)c(Cl)c1. The van der Waals surface area contributed by atoms with E-state index < -0.39 is 5.25 Å². The van der Waals surface area contributed by atoms with Gasteiger partial charge in [0.1, 0.15) is 11.0 Å². The van der Waals surface area contributed by atoms with E-state index in [1.807, 2.05) is 47.1 Å². The topological polar surface area (TPSA) is 90.3 Å². The molecule has 0 radical (unpaired) electrons. The predicted molar refractivity (Wildman–Crippen MR) is 125 cm³/mol. The van der Waals surface area contributed by atoms with Crippen LogP contribution >= 0.6 is 23.4 Å². The molecule has 2 heterocycles. The zero-order valence-electron chi connectivity index (χ0n) is 17.7. The third-order valence-electron chi connectivity index (χ3n) is 5.09. The largest absolute Gasteiger partial charge is 0.495 e. The molecule has 0 fully saturated rings. The van der Waals surface area contributed by atoms with Gasteiger partial charge < -0.3 is 20.2 Å². The van der Waals surface area contributed by atoms with Gasteiger partial charge in [-0.15, -0.1) is 10.2 Å². The highest BCUT2D eigenvalue weighted by Gasteiger charge is 2.38. The highest BCUT2D eigenvalue weighted by molar-refractivity contribution is 8.00. The van der Waals surface area contributed by atoms with Gasteiger partial charge in [0, 0.05) is 25.8 Å². The van der Waals surface area contributed by atoms with Crippen molar-refractivity contribution in [1.82, 2.24) is 20.2 Å². The first-order valence-electron chi connectivity index (χ1n) is 10.2. The van der Waals surface area contributed by atoms with Gasteiger partial charge in [0.15, 0.2) is 5.82 Å². The van der Waals surface area contributed by atoms with Gasteiger partial charge in [0.05, 0.1) is 18.2 Å². The summed E-state index contributed by atoms with van der Waals surface area (Å²) in [6.45, 7) is 1.12. The summed E-state index contributed by atoms with van der Waals surface area (Å²) < 4.78 is 12.2. The van der Waals surface area contributed by atoms with Crippen molar-refractivity contribution >= 4 is 29.3 Å². The van der Waals surface area contributed by atoms with Crippen LogP contribution in [0, 0.1) is 0 Å². The van der Waals surface area contributed by atoms with Gasteiger partial charge in [-0.05, 0) is 24.1 Å². The molecule has 1 amide bonds. The Morgan fingerprint density at radius 2 is 2.03 bits per heavy atom. The highest BCUT2D eigenvalue weighted by atomic mass is 35.5. The number of benzene rings is 2. The van der Waals surface area contributed by atoms with Crippen molar-refractivity contribution in [2.45, 2.75) is 22.9 Å². The third-order valence-corrected chi connectivity index (χ3v) is 6.60. The smallest absolute Gasteiger partial charge is 0.236 e. The zero-order valence-corrected chi connectivity index (χ0v) is 19.3. The average Bonchev–Trinajstić information content (AvgIpc) is 3.24. The lowest BCUT2D eigenvalue weighted by Crippen LogP contribution is -2.44. The van der Waals surface area contributed by atoms with Crippen LogP contribution < -0.4 is 15.5 Å². The summed E-state index contributed by atoms with van der Waals surface area (Å²) in [4.78, 5) is 13.1. The molecule has 0 bridgehead atoms. The van der Waals surface area contributed by atoms with Crippen molar-refractivity contribution in [2.24, 2.45) is 0 Å². The molecule has 0 spiro atoms. The predicted octanol–water partition coefficient (Wildman–Crippen LogP) is 3.52. The first kappa shape index (κ1) is 22.4. The summed E-state index contributed by atoms with van der Waals surface area (Å²) >= 11 is 7.77. The molecule has 10 heteroatoms. The number of methoxy groups -OCH3 is 2. The van der Waals surface area contributed by atoms with Crippen LogP contribution in [0.15, 0.2) is 53.7 Å². The van der Waals surface area contributed by atoms with Crippen molar-refractivity contribution in [3.63, 3.8) is 0 Å². The molecule has 4 rings (SSSR count). The number of fused-ring (bicyclic) bond motifs is 1. The Balaban J connectivity index is 1.67. The van der Waals surface area contributed by atoms with Gasteiger partial charge in [-0.2, -0.15) is 0 Å². The van der Waals surface area contributed by atoms with Crippen molar-refractivity contribution in [2.75, 3.05) is 32.8 Å². The second-order valence-electron chi connectivity index (χ2n) is 7.18. The Morgan fingerprint density at radius 1 is 1.22 bits per heavy atom. The second kappa shape index (κ2) is 10.2. The number of hydrogen-bond acceptors (Lipinski definition) is 7. The van der Waals surface area contributed by atoms with Crippen LogP contribution in [0.25, 0.3) is 11.4 Å². The number of nitrogens with one attached hydrogen (secondary N) is 2. The van der Waals surface area contributed by atoms with Crippen molar-refractivity contribution in [1.29, 1.82) is 0 Å². The summed E-state index contributed by atoms with van der Waals surface area (Å²) in [5, 5.41) is 12.3. The molecule has 1 aromatic heterocycles. The Labute approximate surface area is 195 Å². The Bertz CT molecular complexity index is 1080. The number of carbonyl (C=O) groups is 1. The number of carbonyl (C=O) groups excluding carboxylic acids is 1. The first-order valence-corrected chi connectivity index (χ1v) is 11.4. The molecule has 3 aromatic rings. The van der Waals surface area contributed by atoms with Gasteiger partial charge in [-0.1, -0.05) is 59.8 Å². The lowest BCUT2D eigenvalue weighted by Gasteiger charge is -2.33. The fourth-order valence-corrected chi connectivity index (χ4v) is 4.85. The minimum Gasteiger partial charge on any atom is -0.495 e. The van der Waals surface area contributed by atoms with Crippen LogP contribution in [0.4, 0.5) is 0 Å². The molecule has 2 unspecified atom stereocenters. The first-order chi connectivity index (χ1) is 15.6. The Morgan fingerprint density at radius 3 is 2.75 bits per heavy atom. The van der Waals surface area contributed by atoms with E-state index in [9.17, 15) is 4.79 Å². The zero-order chi connectivity index (χ0) is 22.5. The van der Waals surface area contributed by atoms with Gasteiger partial charge in [0.2, 0.25) is 11.1 Å². The van der Waals surface area contributed by atoms with Gasteiger partial charge in [-0.25, -0.2) is 4.68 Å². The molecule has 0 saturated heterocycles. The lowest BCUT2D eigenvalue weighted by atomic mass is 10.0. The quantitative estimate of drug-likeness (QED) is 0.484. The van der Waals surface area contributed by atoms with E-state index >= 15 is 0 Å². The second-order valence-corrected chi connectivity index (χ2v) is 8.70. The van der Waals surface area contributed by atoms with Gasteiger partial charge in [0.25, 0.3) is 0 Å². The van der Waals surface area contributed by atoms with Crippen LogP contribution in [-0.2, 0) is 9.53 Å². The monoisotopic (exact) mass is 473 g/mol. The van der Waals surface area contributed by atoms with E-state index in [2.05, 4.69) is 20.9 Å². The van der Waals surface area contributed by atoms with Crippen molar-refractivity contribution in [3.05, 3.63) is 59.1 Å². The number of halogens is 1. The molecular weight excluding hydrogens is 450 g/mol. The molecule has 8 nitrogen and oxygen atoms in total. The number of rotatable bonds is 8. The van der Waals surface area contributed by atoms with Crippen molar-refractivity contribution < 1.29 is 14.3 Å². The molecular formula is C22H24ClN5O3S. The summed E-state index contributed by atoms with van der Waals surface area (Å²) in [7, 11) is 3.21. The van der Waals surface area contributed by atoms with Crippen molar-refractivity contribution in [3.8, 4) is 17.1 Å². The number of hydrogen-bond donors (Lipinski definition) is 2. The van der Waals surface area contributed by atoms with E-state index in [0.717, 1.165) is 17.5 Å². The standard InChI is InChI=1S/C22H24ClN5O3S/c1-30-12-6-11-24-21(29)19-18(15-9-10-17(31-2)16(23)13-15)27-28-20(25-26-22(28)32-19)14-7-4-3-5-8-14/h3-5,7-10,13,18-19,27H,6,11-12H2,1-2H3,(H,24,29). The summed E-state index contributed by atoms with van der Waals surface area (Å²) in [6, 6.07) is 15.0. The van der Waals surface area contributed by atoms with Crippen LogP contribution in [0.1, 0.15) is 18.0 Å². The van der Waals surface area contributed by atoms with E-state index in [4.69, 9.17) is 21.1 Å². The van der Waals surface area contributed by atoms with E-state index in [-0.39, 0.29) is 11.9 Å². The number of nitrogens with zero attached hydrogens (tertiary/aromatic N) is 3. The van der Waals surface area contributed by atoms with Gasteiger partial charge >= 0.3 is 0 Å². The fraction of sp³-hybridized carbons (Fsp3) is 0.318. The third kappa shape index (κ3) is 4.69. The van der Waals surface area contributed by atoms with Gasteiger partial charge in [-0.3, -0.25) is 4.79 Å². The molecule has 2 N–H and O–H groups in total. The molecule has 2 aromatic carbocycles. The molecule has 168 valence electrons. The molecule has 1 aliphatic rings.